The molecule has 0 radical (unpaired) electrons. The van der Waals surface area contributed by atoms with Gasteiger partial charge in [0.2, 0.25) is 5.91 Å². The van der Waals surface area contributed by atoms with Gasteiger partial charge in [-0.25, -0.2) is 0 Å². The number of para-hydroxylation sites is 1. The molecule has 0 unspecified atom stereocenters. The number of carbonyl (C=O) groups is 1. The Morgan fingerprint density at radius 2 is 2.15 bits per heavy atom. The van der Waals surface area contributed by atoms with Gasteiger partial charge in [0.1, 0.15) is 5.75 Å². The van der Waals surface area contributed by atoms with E-state index >= 15 is 0 Å². The summed E-state index contributed by atoms with van der Waals surface area (Å²) in [6.07, 6.45) is 5.75. The third-order valence-electron chi connectivity index (χ3n) is 6.05. The zero-order valence-electron chi connectivity index (χ0n) is 16.0. The summed E-state index contributed by atoms with van der Waals surface area (Å²) in [5.74, 6) is 1.04. The van der Waals surface area contributed by atoms with E-state index in [-0.39, 0.29) is 17.9 Å². The minimum Gasteiger partial charge on any atom is -0.496 e. The van der Waals surface area contributed by atoms with Crippen LogP contribution in [0.15, 0.2) is 24.3 Å². The zero-order valence-corrected chi connectivity index (χ0v) is 16.0. The third-order valence-corrected chi connectivity index (χ3v) is 6.05. The van der Waals surface area contributed by atoms with Gasteiger partial charge in [0.05, 0.1) is 19.3 Å². The Balaban J connectivity index is 1.91. The average Bonchev–Trinajstić information content (AvgIpc) is 2.66. The van der Waals surface area contributed by atoms with Crippen LogP contribution in [0.3, 0.4) is 0 Å². The lowest BCUT2D eigenvalue weighted by atomic mass is 9.66. The summed E-state index contributed by atoms with van der Waals surface area (Å²) < 4.78 is 5.62. The topological polar surface area (TPSA) is 61.8 Å². The number of benzene rings is 1. The van der Waals surface area contributed by atoms with Gasteiger partial charge in [-0.15, -0.1) is 0 Å². The fraction of sp³-hybridized carbons (Fsp3) is 0.667. The molecule has 0 spiro atoms. The predicted octanol–water partition coefficient (Wildman–Crippen LogP) is 2.89. The maximum Gasteiger partial charge on any atom is 0.234 e. The number of aliphatic hydroxyl groups is 1. The van der Waals surface area contributed by atoms with E-state index in [0.717, 1.165) is 56.4 Å². The first kappa shape index (κ1) is 19.2. The number of amides is 1. The molecule has 1 aromatic carbocycles. The molecule has 1 amide bonds. The number of carbonyl (C=O) groups excluding carboxylic acids is 1. The van der Waals surface area contributed by atoms with Crippen LogP contribution in [0.1, 0.15) is 57.1 Å². The van der Waals surface area contributed by atoms with Crippen molar-refractivity contribution in [2.24, 2.45) is 5.92 Å². The smallest absolute Gasteiger partial charge is 0.234 e. The van der Waals surface area contributed by atoms with Crippen molar-refractivity contribution in [2.45, 2.75) is 57.1 Å². The van der Waals surface area contributed by atoms with Crippen LogP contribution in [-0.2, 0) is 4.79 Å². The van der Waals surface area contributed by atoms with E-state index in [4.69, 9.17) is 4.74 Å². The summed E-state index contributed by atoms with van der Waals surface area (Å²) in [7, 11) is 1.69. The highest BCUT2D eigenvalue weighted by Gasteiger charge is 2.49. The molecule has 0 aromatic heterocycles. The molecule has 144 valence electrons. The van der Waals surface area contributed by atoms with E-state index in [2.05, 4.69) is 23.2 Å². The first-order chi connectivity index (χ1) is 12.6. The molecule has 1 aromatic rings. The Morgan fingerprint density at radius 3 is 2.92 bits per heavy atom. The second kappa shape index (κ2) is 8.40. The molecule has 1 saturated heterocycles. The molecule has 3 rings (SSSR count). The number of hydrogen-bond acceptors (Lipinski definition) is 4. The SMILES string of the molecule is CCCNC(=O)CN1CC[C@]2(O)CCCC[C@H]2[C@@H]1c1ccccc1OC. The van der Waals surface area contributed by atoms with Crippen molar-refractivity contribution in [1.29, 1.82) is 0 Å². The van der Waals surface area contributed by atoms with E-state index in [1.807, 2.05) is 18.2 Å². The Kier molecular flexibility index (Phi) is 6.20. The van der Waals surface area contributed by atoms with Gasteiger partial charge >= 0.3 is 0 Å². The van der Waals surface area contributed by atoms with E-state index in [1.54, 1.807) is 7.11 Å². The van der Waals surface area contributed by atoms with Gasteiger partial charge in [0, 0.05) is 30.6 Å². The van der Waals surface area contributed by atoms with Crippen LogP contribution in [0.25, 0.3) is 0 Å². The molecule has 5 nitrogen and oxygen atoms in total. The van der Waals surface area contributed by atoms with Gasteiger partial charge in [0.15, 0.2) is 0 Å². The van der Waals surface area contributed by atoms with Gasteiger partial charge in [-0.1, -0.05) is 38.0 Å². The monoisotopic (exact) mass is 360 g/mol. The molecule has 1 saturated carbocycles. The van der Waals surface area contributed by atoms with Crippen molar-refractivity contribution in [3.05, 3.63) is 29.8 Å². The molecule has 5 heteroatoms. The van der Waals surface area contributed by atoms with Crippen LogP contribution in [-0.4, -0.2) is 48.3 Å². The molecule has 2 N–H and O–H groups in total. The van der Waals surface area contributed by atoms with Gasteiger partial charge in [-0.3, -0.25) is 9.69 Å². The lowest BCUT2D eigenvalue weighted by Crippen LogP contribution is -2.56. The number of nitrogens with zero attached hydrogens (tertiary/aromatic N) is 1. The summed E-state index contributed by atoms with van der Waals surface area (Å²) in [6, 6.07) is 8.06. The number of rotatable bonds is 6. The molecule has 1 aliphatic heterocycles. The maximum absolute atomic E-state index is 12.4. The second-order valence-corrected chi connectivity index (χ2v) is 7.71. The first-order valence-corrected chi connectivity index (χ1v) is 9.95. The van der Waals surface area contributed by atoms with E-state index < -0.39 is 5.60 Å². The number of fused-ring (bicyclic) bond motifs is 1. The number of piperidine rings is 1. The molecule has 1 aliphatic carbocycles. The fourth-order valence-corrected chi connectivity index (χ4v) is 4.75. The lowest BCUT2D eigenvalue weighted by Gasteiger charge is -2.52. The standard InChI is InChI=1S/C21H32N2O3/c1-3-13-22-19(24)15-23-14-12-21(25)11-7-6-9-17(21)20(23)16-8-4-5-10-18(16)26-2/h4-5,8,10,17,20,25H,3,6-7,9,11-15H2,1-2H3,(H,22,24)/t17-,20-,21+/m0/s1. The third kappa shape index (κ3) is 3.89. The van der Waals surface area contributed by atoms with Crippen molar-refractivity contribution in [3.8, 4) is 5.75 Å². The van der Waals surface area contributed by atoms with Gasteiger partial charge in [-0.2, -0.15) is 0 Å². The van der Waals surface area contributed by atoms with Crippen LogP contribution in [0.5, 0.6) is 5.75 Å². The van der Waals surface area contributed by atoms with Crippen LogP contribution < -0.4 is 10.1 Å². The highest BCUT2D eigenvalue weighted by Crippen LogP contribution is 2.50. The number of likely N-dealkylation sites (tertiary alicyclic amines) is 1. The maximum atomic E-state index is 12.4. The Morgan fingerprint density at radius 1 is 1.35 bits per heavy atom. The molecule has 1 heterocycles. The molecule has 2 fully saturated rings. The number of hydrogen-bond donors (Lipinski definition) is 2. The van der Waals surface area contributed by atoms with Crippen molar-refractivity contribution in [2.75, 3.05) is 26.7 Å². The van der Waals surface area contributed by atoms with E-state index in [0.29, 0.717) is 13.1 Å². The highest BCUT2D eigenvalue weighted by molar-refractivity contribution is 5.78. The first-order valence-electron chi connectivity index (χ1n) is 9.95. The van der Waals surface area contributed by atoms with Crippen LogP contribution in [0.2, 0.25) is 0 Å². The van der Waals surface area contributed by atoms with E-state index in [9.17, 15) is 9.90 Å². The van der Waals surface area contributed by atoms with Crippen LogP contribution in [0.4, 0.5) is 0 Å². The zero-order chi connectivity index (χ0) is 18.6. The molecule has 2 aliphatic rings. The summed E-state index contributed by atoms with van der Waals surface area (Å²) in [6.45, 7) is 3.87. The molecule has 3 atom stereocenters. The Hall–Kier alpha value is -1.59. The molecule has 26 heavy (non-hydrogen) atoms. The second-order valence-electron chi connectivity index (χ2n) is 7.71. The van der Waals surface area contributed by atoms with Crippen molar-refractivity contribution in [3.63, 3.8) is 0 Å². The minimum atomic E-state index is -0.625. The van der Waals surface area contributed by atoms with Crippen molar-refractivity contribution < 1.29 is 14.6 Å². The van der Waals surface area contributed by atoms with Crippen molar-refractivity contribution in [1.82, 2.24) is 10.2 Å². The lowest BCUT2D eigenvalue weighted by molar-refractivity contribution is -0.138. The van der Waals surface area contributed by atoms with Gasteiger partial charge in [-0.05, 0) is 31.7 Å². The summed E-state index contributed by atoms with van der Waals surface area (Å²) >= 11 is 0. The predicted molar refractivity (Wildman–Crippen MR) is 102 cm³/mol. The largest absolute Gasteiger partial charge is 0.496 e. The minimum absolute atomic E-state index is 0.0116. The summed E-state index contributed by atoms with van der Waals surface area (Å²) in [5.41, 5.74) is 0.462. The molecule has 0 bridgehead atoms. The average molecular weight is 360 g/mol. The van der Waals surface area contributed by atoms with Gasteiger partial charge < -0.3 is 15.2 Å². The Bertz CT molecular complexity index is 621. The molecular weight excluding hydrogens is 328 g/mol. The van der Waals surface area contributed by atoms with Crippen LogP contribution >= 0.6 is 0 Å². The number of nitrogens with one attached hydrogen (secondary N) is 1. The normalized spacial score (nSPS) is 29.0. The quantitative estimate of drug-likeness (QED) is 0.819. The number of methoxy groups -OCH3 is 1. The van der Waals surface area contributed by atoms with Crippen LogP contribution in [0, 0.1) is 5.92 Å². The molecular formula is C21H32N2O3. The summed E-state index contributed by atoms with van der Waals surface area (Å²) in [5, 5.41) is 14.3. The van der Waals surface area contributed by atoms with Gasteiger partial charge in [0.25, 0.3) is 0 Å². The fourth-order valence-electron chi connectivity index (χ4n) is 4.75. The summed E-state index contributed by atoms with van der Waals surface area (Å²) in [4.78, 5) is 14.6. The van der Waals surface area contributed by atoms with Crippen molar-refractivity contribution >= 4 is 5.91 Å². The Labute approximate surface area is 156 Å². The highest BCUT2D eigenvalue weighted by atomic mass is 16.5. The number of ether oxygens (including phenoxy) is 1. The van der Waals surface area contributed by atoms with E-state index in [1.165, 1.54) is 0 Å².